The maximum Gasteiger partial charge on any atom is 0.338 e. The first-order chi connectivity index (χ1) is 14.5. The molecule has 2 aromatic carbocycles. The Balaban J connectivity index is 1.98. The molecule has 0 aliphatic carbocycles. The van der Waals surface area contributed by atoms with Crippen LogP contribution in [0, 0.1) is 11.3 Å². The second-order valence-corrected chi connectivity index (χ2v) is 5.99. The lowest BCUT2D eigenvalue weighted by Crippen LogP contribution is -2.16. The normalized spacial score (nSPS) is 10.5. The number of carbonyl (C=O) groups excluding carboxylic acids is 2. The Hall–Kier alpha value is -3.99. The summed E-state index contributed by atoms with van der Waals surface area (Å²) in [5.41, 5.74) is 1.71. The Morgan fingerprint density at radius 2 is 1.77 bits per heavy atom. The quantitative estimate of drug-likeness (QED) is 0.372. The molecule has 2 N–H and O–H groups in total. The fraction of sp³-hybridized carbons (Fsp3) is 0.227. The van der Waals surface area contributed by atoms with Gasteiger partial charge in [-0.1, -0.05) is 12.1 Å². The number of methoxy groups -OCH3 is 2. The first-order valence-electron chi connectivity index (χ1n) is 9.15. The summed E-state index contributed by atoms with van der Waals surface area (Å²) in [6, 6.07) is 13.6. The van der Waals surface area contributed by atoms with Gasteiger partial charge in [-0.15, -0.1) is 0 Å². The molecule has 0 bridgehead atoms. The molecular weight excluding hydrogens is 386 g/mol. The van der Waals surface area contributed by atoms with Crippen LogP contribution in [0.3, 0.4) is 0 Å². The van der Waals surface area contributed by atoms with Crippen LogP contribution in [0.4, 0.5) is 5.69 Å². The van der Waals surface area contributed by atoms with Crippen molar-refractivity contribution in [2.45, 2.75) is 13.5 Å². The van der Waals surface area contributed by atoms with Crippen molar-refractivity contribution < 1.29 is 23.8 Å². The van der Waals surface area contributed by atoms with Gasteiger partial charge in [0, 0.05) is 24.5 Å². The predicted octanol–water partition coefficient (Wildman–Crippen LogP) is 3.02. The van der Waals surface area contributed by atoms with Gasteiger partial charge in [0.2, 0.25) is 0 Å². The minimum absolute atomic E-state index is 0.0899. The Bertz CT molecular complexity index is 962. The molecule has 0 heterocycles. The molecule has 1 amide bonds. The number of carbonyl (C=O) groups is 2. The number of benzene rings is 2. The summed E-state index contributed by atoms with van der Waals surface area (Å²) in [5.74, 6) is 0.0507. The zero-order chi connectivity index (χ0) is 21.9. The lowest BCUT2D eigenvalue weighted by Gasteiger charge is -2.10. The number of anilines is 1. The summed E-state index contributed by atoms with van der Waals surface area (Å²) in [5, 5.41) is 14.9. The molecule has 0 spiro atoms. The highest BCUT2D eigenvalue weighted by molar-refractivity contribution is 6.06. The fourth-order valence-electron chi connectivity index (χ4n) is 2.51. The van der Waals surface area contributed by atoms with Crippen LogP contribution in [0.1, 0.15) is 22.8 Å². The minimum atomic E-state index is -0.560. The van der Waals surface area contributed by atoms with Crippen molar-refractivity contribution in [3.63, 3.8) is 0 Å². The van der Waals surface area contributed by atoms with Crippen molar-refractivity contribution in [1.29, 1.82) is 5.26 Å². The van der Waals surface area contributed by atoms with Crippen molar-refractivity contribution in [2.75, 3.05) is 26.1 Å². The maximum atomic E-state index is 12.4. The number of hydrogen-bond acceptors (Lipinski definition) is 7. The van der Waals surface area contributed by atoms with Crippen LogP contribution in [-0.2, 0) is 16.1 Å². The number of rotatable bonds is 9. The average molecular weight is 409 g/mol. The number of nitrogens with one attached hydrogen (secondary N) is 2. The third kappa shape index (κ3) is 6.01. The van der Waals surface area contributed by atoms with Crippen LogP contribution < -0.4 is 20.1 Å². The molecule has 0 aromatic heterocycles. The number of amides is 1. The molecule has 0 aliphatic heterocycles. The van der Waals surface area contributed by atoms with E-state index in [2.05, 4.69) is 10.6 Å². The Kier molecular flexibility index (Phi) is 8.27. The van der Waals surface area contributed by atoms with E-state index in [1.165, 1.54) is 20.4 Å². The van der Waals surface area contributed by atoms with Gasteiger partial charge in [-0.25, -0.2) is 4.79 Å². The van der Waals surface area contributed by atoms with E-state index in [-0.39, 0.29) is 11.5 Å². The topological polar surface area (TPSA) is 110 Å². The monoisotopic (exact) mass is 409 g/mol. The molecule has 8 heteroatoms. The molecule has 0 radical (unpaired) electrons. The van der Waals surface area contributed by atoms with E-state index < -0.39 is 5.91 Å². The molecule has 0 saturated carbocycles. The highest BCUT2D eigenvalue weighted by atomic mass is 16.5. The minimum Gasteiger partial charge on any atom is -0.493 e. The highest BCUT2D eigenvalue weighted by Gasteiger charge is 2.11. The van der Waals surface area contributed by atoms with Gasteiger partial charge in [-0.2, -0.15) is 5.26 Å². The second-order valence-electron chi connectivity index (χ2n) is 5.99. The molecule has 30 heavy (non-hydrogen) atoms. The summed E-state index contributed by atoms with van der Waals surface area (Å²) in [6.07, 6.45) is 1.34. The van der Waals surface area contributed by atoms with Gasteiger partial charge in [0.15, 0.2) is 11.5 Å². The van der Waals surface area contributed by atoms with Crippen molar-refractivity contribution in [3.8, 4) is 17.6 Å². The number of nitrogens with zero attached hydrogens (tertiary/aromatic N) is 1. The fourth-order valence-corrected chi connectivity index (χ4v) is 2.51. The lowest BCUT2D eigenvalue weighted by atomic mass is 10.1. The second kappa shape index (κ2) is 11.1. The maximum absolute atomic E-state index is 12.4. The SMILES string of the molecule is CCOC(=O)c1ccc(CN/C=C(/C#N)C(=O)Nc2ccc(OC)c(OC)c2)cc1. The predicted molar refractivity (Wildman–Crippen MR) is 111 cm³/mol. The lowest BCUT2D eigenvalue weighted by molar-refractivity contribution is -0.112. The zero-order valence-electron chi connectivity index (χ0n) is 17.0. The van der Waals surface area contributed by atoms with E-state index in [1.54, 1.807) is 49.4 Å². The van der Waals surface area contributed by atoms with Crippen LogP contribution in [0.25, 0.3) is 0 Å². The molecule has 2 aromatic rings. The van der Waals surface area contributed by atoms with Gasteiger partial charge in [-0.3, -0.25) is 4.79 Å². The van der Waals surface area contributed by atoms with Gasteiger partial charge in [-0.05, 0) is 36.8 Å². The van der Waals surface area contributed by atoms with Gasteiger partial charge < -0.3 is 24.8 Å². The Morgan fingerprint density at radius 3 is 2.37 bits per heavy atom. The van der Waals surface area contributed by atoms with Crippen LogP contribution in [0.2, 0.25) is 0 Å². The first kappa shape index (κ1) is 22.3. The largest absolute Gasteiger partial charge is 0.493 e. The number of nitriles is 1. The number of ether oxygens (including phenoxy) is 3. The van der Waals surface area contributed by atoms with Gasteiger partial charge in [0.1, 0.15) is 11.6 Å². The molecule has 0 unspecified atom stereocenters. The Labute approximate surface area is 175 Å². The van der Waals surface area contributed by atoms with Crippen LogP contribution in [0.15, 0.2) is 54.2 Å². The van der Waals surface area contributed by atoms with E-state index >= 15 is 0 Å². The number of esters is 1. The Morgan fingerprint density at radius 1 is 1.07 bits per heavy atom. The van der Waals surface area contributed by atoms with Crippen molar-refractivity contribution in [2.24, 2.45) is 0 Å². The summed E-state index contributed by atoms with van der Waals surface area (Å²) in [6.45, 7) is 2.43. The van der Waals surface area contributed by atoms with Crippen LogP contribution in [-0.4, -0.2) is 32.7 Å². The molecule has 0 aliphatic rings. The third-order valence-corrected chi connectivity index (χ3v) is 4.02. The van der Waals surface area contributed by atoms with E-state index in [0.29, 0.717) is 35.9 Å². The molecular formula is C22H23N3O5. The van der Waals surface area contributed by atoms with Crippen molar-refractivity contribution >= 4 is 17.6 Å². The zero-order valence-corrected chi connectivity index (χ0v) is 17.0. The van der Waals surface area contributed by atoms with Crippen LogP contribution in [0.5, 0.6) is 11.5 Å². The van der Waals surface area contributed by atoms with Crippen molar-refractivity contribution in [3.05, 3.63) is 65.4 Å². The summed E-state index contributed by atoms with van der Waals surface area (Å²) < 4.78 is 15.3. The molecule has 0 saturated heterocycles. The molecule has 2 rings (SSSR count). The smallest absolute Gasteiger partial charge is 0.338 e. The molecule has 0 fully saturated rings. The molecule has 0 atom stereocenters. The van der Waals surface area contributed by atoms with Crippen molar-refractivity contribution in [1.82, 2.24) is 5.32 Å². The summed E-state index contributed by atoms with van der Waals surface area (Å²) >= 11 is 0. The van der Waals surface area contributed by atoms with Gasteiger partial charge >= 0.3 is 5.97 Å². The van der Waals surface area contributed by atoms with Crippen LogP contribution >= 0.6 is 0 Å². The average Bonchev–Trinajstić information content (AvgIpc) is 2.77. The van der Waals surface area contributed by atoms with E-state index in [1.807, 2.05) is 6.07 Å². The highest BCUT2D eigenvalue weighted by Crippen LogP contribution is 2.29. The first-order valence-corrected chi connectivity index (χ1v) is 9.15. The summed E-state index contributed by atoms with van der Waals surface area (Å²) in [7, 11) is 3.01. The number of hydrogen-bond donors (Lipinski definition) is 2. The van der Waals surface area contributed by atoms with E-state index in [4.69, 9.17) is 14.2 Å². The standard InChI is InChI=1S/C22H23N3O5/c1-4-30-22(27)16-7-5-15(6-8-16)13-24-14-17(12-23)21(26)25-18-9-10-19(28-2)20(11-18)29-3/h5-11,14,24H,4,13H2,1-3H3,(H,25,26)/b17-14-. The van der Waals surface area contributed by atoms with E-state index in [9.17, 15) is 14.9 Å². The molecule has 156 valence electrons. The molecule has 8 nitrogen and oxygen atoms in total. The van der Waals surface area contributed by atoms with Gasteiger partial charge in [0.25, 0.3) is 5.91 Å². The van der Waals surface area contributed by atoms with Gasteiger partial charge in [0.05, 0.1) is 26.4 Å². The summed E-state index contributed by atoms with van der Waals surface area (Å²) in [4.78, 5) is 24.0. The third-order valence-electron chi connectivity index (χ3n) is 4.02. The van der Waals surface area contributed by atoms with E-state index in [0.717, 1.165) is 5.56 Å².